The van der Waals surface area contributed by atoms with Gasteiger partial charge >= 0.3 is 6.09 Å². The Morgan fingerprint density at radius 2 is 1.83 bits per heavy atom. The highest BCUT2D eigenvalue weighted by Gasteiger charge is 2.19. The molecular formula is C14H25NO3. The van der Waals surface area contributed by atoms with Gasteiger partial charge in [-0.2, -0.15) is 0 Å². The van der Waals surface area contributed by atoms with Crippen molar-refractivity contribution in [2.24, 2.45) is 5.92 Å². The molecule has 0 heterocycles. The summed E-state index contributed by atoms with van der Waals surface area (Å²) in [5, 5.41) is 2.79. The van der Waals surface area contributed by atoms with Crippen LogP contribution in [-0.4, -0.2) is 23.5 Å². The molecule has 0 saturated carbocycles. The van der Waals surface area contributed by atoms with Crippen LogP contribution in [0.2, 0.25) is 0 Å². The Hall–Kier alpha value is -1.32. The smallest absolute Gasteiger partial charge is 0.408 e. The zero-order chi connectivity index (χ0) is 14.3. The quantitative estimate of drug-likeness (QED) is 0.768. The predicted octanol–water partition coefficient (Wildman–Crippen LogP) is 3.07. The highest BCUT2D eigenvalue weighted by Crippen LogP contribution is 2.09. The van der Waals surface area contributed by atoms with Crippen LogP contribution >= 0.6 is 0 Å². The lowest BCUT2D eigenvalue weighted by molar-refractivity contribution is -0.116. The number of alkyl carbamates (subject to hydrolysis) is 1. The number of rotatable bonds is 5. The lowest BCUT2D eigenvalue weighted by Crippen LogP contribution is -2.40. The first-order valence-corrected chi connectivity index (χ1v) is 6.27. The van der Waals surface area contributed by atoms with Gasteiger partial charge in [0.15, 0.2) is 0 Å². The molecule has 1 N–H and O–H groups in total. The van der Waals surface area contributed by atoms with E-state index in [2.05, 4.69) is 5.32 Å². The number of ether oxygens (including phenoxy) is 1. The molecule has 0 bridgehead atoms. The summed E-state index contributed by atoms with van der Waals surface area (Å²) in [5.74, 6) is 0.340. The molecule has 0 aliphatic rings. The maximum Gasteiger partial charge on any atom is 0.408 e. The molecule has 1 amide bonds. The van der Waals surface area contributed by atoms with Crippen LogP contribution in [0.15, 0.2) is 12.2 Å². The molecule has 0 aromatic rings. The molecular weight excluding hydrogens is 230 g/mol. The SMILES string of the molecule is CC(=O)C/C=C/[C@@H](NC(=O)OC(C)(C)C)C(C)C. The van der Waals surface area contributed by atoms with Crippen molar-refractivity contribution < 1.29 is 14.3 Å². The molecule has 0 aromatic carbocycles. The van der Waals surface area contributed by atoms with E-state index in [1.54, 1.807) is 6.08 Å². The number of hydrogen-bond donors (Lipinski definition) is 1. The van der Waals surface area contributed by atoms with Crippen LogP contribution in [0.5, 0.6) is 0 Å². The van der Waals surface area contributed by atoms with Gasteiger partial charge in [-0.15, -0.1) is 0 Å². The van der Waals surface area contributed by atoms with Crippen molar-refractivity contribution in [3.8, 4) is 0 Å². The van der Waals surface area contributed by atoms with Crippen LogP contribution < -0.4 is 5.32 Å². The molecule has 0 aliphatic carbocycles. The molecule has 4 heteroatoms. The van der Waals surface area contributed by atoms with E-state index in [1.165, 1.54) is 6.92 Å². The van der Waals surface area contributed by atoms with Crippen molar-refractivity contribution in [1.82, 2.24) is 5.32 Å². The Morgan fingerprint density at radius 3 is 2.22 bits per heavy atom. The Morgan fingerprint density at radius 1 is 1.28 bits per heavy atom. The van der Waals surface area contributed by atoms with Crippen LogP contribution in [0, 0.1) is 5.92 Å². The normalized spacial score (nSPS) is 13.7. The van der Waals surface area contributed by atoms with Gasteiger partial charge in [-0.3, -0.25) is 4.79 Å². The standard InChI is InChI=1S/C14H25NO3/c1-10(2)12(9-7-8-11(3)16)15-13(17)18-14(4,5)6/h7,9-10,12H,8H2,1-6H3,(H,15,17)/b9-7+/t12-/m1/s1. The van der Waals surface area contributed by atoms with Crippen LogP contribution in [0.1, 0.15) is 48.0 Å². The number of Topliss-reactive ketones (excluding diaryl/α,β-unsaturated/α-hetero) is 1. The van der Waals surface area contributed by atoms with Crippen molar-refractivity contribution in [3.05, 3.63) is 12.2 Å². The number of carbonyl (C=O) groups is 2. The van der Waals surface area contributed by atoms with E-state index < -0.39 is 11.7 Å². The lowest BCUT2D eigenvalue weighted by Gasteiger charge is -2.24. The molecule has 0 saturated heterocycles. The number of nitrogens with one attached hydrogen (secondary N) is 1. The van der Waals surface area contributed by atoms with Gasteiger partial charge < -0.3 is 10.1 Å². The van der Waals surface area contributed by atoms with Gasteiger partial charge in [0.1, 0.15) is 11.4 Å². The monoisotopic (exact) mass is 255 g/mol. The minimum absolute atomic E-state index is 0.103. The summed E-state index contributed by atoms with van der Waals surface area (Å²) in [4.78, 5) is 22.5. The Bertz CT molecular complexity index is 313. The third-order valence-electron chi connectivity index (χ3n) is 2.15. The summed E-state index contributed by atoms with van der Waals surface area (Å²) in [5.41, 5.74) is -0.505. The number of amides is 1. The van der Waals surface area contributed by atoms with Crippen LogP contribution in [0.4, 0.5) is 4.79 Å². The van der Waals surface area contributed by atoms with Gasteiger partial charge in [0.05, 0.1) is 6.04 Å². The van der Waals surface area contributed by atoms with Crippen LogP contribution in [-0.2, 0) is 9.53 Å². The summed E-state index contributed by atoms with van der Waals surface area (Å²) < 4.78 is 5.19. The molecule has 18 heavy (non-hydrogen) atoms. The third kappa shape index (κ3) is 8.79. The Labute approximate surface area is 110 Å². The van der Waals surface area contributed by atoms with E-state index in [0.717, 1.165) is 0 Å². The summed E-state index contributed by atoms with van der Waals surface area (Å²) in [7, 11) is 0. The van der Waals surface area contributed by atoms with Gasteiger partial charge in [0.25, 0.3) is 0 Å². The average Bonchev–Trinajstić information content (AvgIpc) is 2.12. The van der Waals surface area contributed by atoms with Gasteiger partial charge in [0, 0.05) is 6.42 Å². The van der Waals surface area contributed by atoms with Crippen molar-refractivity contribution in [2.45, 2.75) is 59.6 Å². The van der Waals surface area contributed by atoms with Crippen LogP contribution in [0.25, 0.3) is 0 Å². The van der Waals surface area contributed by atoms with Gasteiger partial charge in [0.2, 0.25) is 0 Å². The molecule has 0 rings (SSSR count). The minimum Gasteiger partial charge on any atom is -0.444 e. The average molecular weight is 255 g/mol. The molecule has 4 nitrogen and oxygen atoms in total. The van der Waals surface area contributed by atoms with Crippen LogP contribution in [0.3, 0.4) is 0 Å². The first-order valence-electron chi connectivity index (χ1n) is 6.27. The Kier molecular flexibility index (Phi) is 6.66. The molecule has 0 unspecified atom stereocenters. The van der Waals surface area contributed by atoms with E-state index in [9.17, 15) is 9.59 Å². The van der Waals surface area contributed by atoms with Gasteiger partial charge in [-0.05, 0) is 33.6 Å². The molecule has 0 radical (unpaired) electrons. The third-order valence-corrected chi connectivity index (χ3v) is 2.15. The minimum atomic E-state index is -0.505. The summed E-state index contributed by atoms with van der Waals surface area (Å²) >= 11 is 0. The molecule has 0 aliphatic heterocycles. The number of ketones is 1. The van der Waals surface area contributed by atoms with Crippen molar-refractivity contribution in [1.29, 1.82) is 0 Å². The highest BCUT2D eigenvalue weighted by molar-refractivity contribution is 5.77. The number of carbonyl (C=O) groups excluding carboxylic acids is 2. The van der Waals surface area contributed by atoms with Crippen molar-refractivity contribution in [3.63, 3.8) is 0 Å². The van der Waals surface area contributed by atoms with E-state index >= 15 is 0 Å². The lowest BCUT2D eigenvalue weighted by atomic mass is 10.0. The highest BCUT2D eigenvalue weighted by atomic mass is 16.6. The van der Waals surface area contributed by atoms with E-state index in [4.69, 9.17) is 4.74 Å². The molecule has 1 atom stereocenters. The molecule has 104 valence electrons. The molecule has 0 fully saturated rings. The van der Waals surface area contributed by atoms with E-state index in [1.807, 2.05) is 40.7 Å². The number of allylic oxidation sites excluding steroid dienone is 1. The topological polar surface area (TPSA) is 55.4 Å². The fourth-order valence-electron chi connectivity index (χ4n) is 1.26. The maximum absolute atomic E-state index is 11.6. The first kappa shape index (κ1) is 16.7. The fourth-order valence-corrected chi connectivity index (χ4v) is 1.26. The van der Waals surface area contributed by atoms with Gasteiger partial charge in [-0.1, -0.05) is 26.0 Å². The second kappa shape index (κ2) is 7.19. The maximum atomic E-state index is 11.6. The Balaban J connectivity index is 4.41. The predicted molar refractivity (Wildman–Crippen MR) is 72.4 cm³/mol. The largest absolute Gasteiger partial charge is 0.444 e. The zero-order valence-corrected chi connectivity index (χ0v) is 12.2. The number of hydrogen-bond acceptors (Lipinski definition) is 3. The van der Waals surface area contributed by atoms with E-state index in [0.29, 0.717) is 6.42 Å². The summed E-state index contributed by atoms with van der Waals surface area (Å²) in [6.07, 6.45) is 3.58. The summed E-state index contributed by atoms with van der Waals surface area (Å²) in [6, 6.07) is -0.126. The second-order valence-corrected chi connectivity index (χ2v) is 5.75. The van der Waals surface area contributed by atoms with Crippen molar-refractivity contribution >= 4 is 11.9 Å². The first-order chi connectivity index (χ1) is 8.11. The van der Waals surface area contributed by atoms with Crippen molar-refractivity contribution in [2.75, 3.05) is 0 Å². The summed E-state index contributed by atoms with van der Waals surface area (Å²) in [6.45, 7) is 11.0. The van der Waals surface area contributed by atoms with E-state index in [-0.39, 0.29) is 17.7 Å². The molecule has 0 aromatic heterocycles. The molecule has 0 spiro atoms. The van der Waals surface area contributed by atoms with Gasteiger partial charge in [-0.25, -0.2) is 4.79 Å². The zero-order valence-electron chi connectivity index (χ0n) is 12.2. The fraction of sp³-hybridized carbons (Fsp3) is 0.714. The second-order valence-electron chi connectivity index (χ2n) is 5.75.